The molecule has 0 bridgehead atoms. The van der Waals surface area contributed by atoms with Gasteiger partial charge in [0.25, 0.3) is 10.0 Å². The minimum atomic E-state index is -3.89. The van der Waals surface area contributed by atoms with Gasteiger partial charge in [-0.3, -0.25) is 9.62 Å². The predicted octanol–water partition coefficient (Wildman–Crippen LogP) is 3.25. The highest BCUT2D eigenvalue weighted by atomic mass is 32.2. The number of benzene rings is 2. The van der Waals surface area contributed by atoms with Crippen LogP contribution in [0.5, 0.6) is 11.9 Å². The van der Waals surface area contributed by atoms with Crippen LogP contribution in [0.1, 0.15) is 18.4 Å². The molecule has 0 saturated carbocycles. The molecule has 3 N–H and O–H groups in total. The summed E-state index contributed by atoms with van der Waals surface area (Å²) in [6.07, 6.45) is 1.99. The van der Waals surface area contributed by atoms with Crippen molar-refractivity contribution in [2.45, 2.75) is 30.3 Å². The van der Waals surface area contributed by atoms with Crippen molar-refractivity contribution in [2.75, 3.05) is 37.3 Å². The van der Waals surface area contributed by atoms with Gasteiger partial charge < -0.3 is 20.1 Å². The van der Waals surface area contributed by atoms with Crippen molar-refractivity contribution in [1.82, 2.24) is 20.2 Å². The number of hydrogen-bond donors (Lipinski definition) is 3. The van der Waals surface area contributed by atoms with E-state index in [2.05, 4.69) is 54.5 Å². The van der Waals surface area contributed by atoms with E-state index in [0.717, 1.165) is 32.5 Å². The molecule has 0 amide bonds. The van der Waals surface area contributed by atoms with E-state index < -0.39 is 10.0 Å². The number of rotatable bonds is 9. The summed E-state index contributed by atoms with van der Waals surface area (Å²) in [7, 11) is -1.09. The van der Waals surface area contributed by atoms with Crippen LogP contribution in [0, 0.1) is 0 Å². The third-order valence-corrected chi connectivity index (χ3v) is 7.50. The number of thiocarbonyl (C=S) groups is 1. The maximum absolute atomic E-state index is 12.8. The summed E-state index contributed by atoms with van der Waals surface area (Å²) in [5.74, 6) is 0.207. The lowest BCUT2D eigenvalue weighted by Crippen LogP contribution is -2.45. The Morgan fingerprint density at radius 2 is 1.73 bits per heavy atom. The molecule has 196 valence electrons. The van der Waals surface area contributed by atoms with Gasteiger partial charge in [-0.25, -0.2) is 8.42 Å². The lowest BCUT2D eigenvalue weighted by molar-refractivity contribution is 0.199. The van der Waals surface area contributed by atoms with Crippen molar-refractivity contribution in [1.29, 1.82) is 0 Å². The molecular formula is C25H30N6O4S2. The molecule has 12 heteroatoms. The Morgan fingerprint density at radius 1 is 1.03 bits per heavy atom. The van der Waals surface area contributed by atoms with Crippen LogP contribution >= 0.6 is 12.2 Å². The zero-order chi connectivity index (χ0) is 26.3. The maximum atomic E-state index is 12.8. The van der Waals surface area contributed by atoms with E-state index in [1.807, 2.05) is 6.07 Å². The fraction of sp³-hybridized carbons (Fsp3) is 0.320. The highest BCUT2D eigenvalue weighted by molar-refractivity contribution is 7.92. The van der Waals surface area contributed by atoms with Crippen molar-refractivity contribution in [3.05, 3.63) is 66.2 Å². The lowest BCUT2D eigenvalue weighted by Gasteiger charge is -2.33. The van der Waals surface area contributed by atoms with Crippen LogP contribution in [0.3, 0.4) is 0 Å². The summed E-state index contributed by atoms with van der Waals surface area (Å²) in [6, 6.07) is 18.4. The van der Waals surface area contributed by atoms with E-state index in [9.17, 15) is 8.42 Å². The molecule has 1 aliphatic heterocycles. The molecule has 0 radical (unpaired) electrons. The average Bonchev–Trinajstić information content (AvgIpc) is 2.90. The Balaban J connectivity index is 1.28. The smallest absolute Gasteiger partial charge is 0.321 e. The quantitative estimate of drug-likeness (QED) is 0.348. The summed E-state index contributed by atoms with van der Waals surface area (Å²) in [5.41, 5.74) is 2.01. The molecular weight excluding hydrogens is 512 g/mol. The normalized spacial score (nSPS) is 14.5. The first-order chi connectivity index (χ1) is 17.8. The van der Waals surface area contributed by atoms with Crippen LogP contribution in [0.25, 0.3) is 0 Å². The van der Waals surface area contributed by atoms with E-state index in [0.29, 0.717) is 10.8 Å². The zero-order valence-electron chi connectivity index (χ0n) is 20.7. The molecule has 2 aromatic carbocycles. The van der Waals surface area contributed by atoms with Crippen LogP contribution in [0.2, 0.25) is 0 Å². The fourth-order valence-corrected chi connectivity index (χ4v) is 5.27. The van der Waals surface area contributed by atoms with E-state index in [1.165, 1.54) is 38.0 Å². The highest BCUT2D eigenvalue weighted by Crippen LogP contribution is 2.22. The van der Waals surface area contributed by atoms with Gasteiger partial charge in [-0.1, -0.05) is 30.3 Å². The summed E-state index contributed by atoms with van der Waals surface area (Å²) in [6.45, 7) is 2.95. The third kappa shape index (κ3) is 7.51. The molecule has 1 aromatic heterocycles. The average molecular weight is 543 g/mol. The molecule has 10 nitrogen and oxygen atoms in total. The van der Waals surface area contributed by atoms with E-state index >= 15 is 0 Å². The first-order valence-electron chi connectivity index (χ1n) is 11.8. The second-order valence-corrected chi connectivity index (χ2v) is 10.6. The van der Waals surface area contributed by atoms with Gasteiger partial charge in [-0.15, -0.1) is 0 Å². The molecule has 2 heterocycles. The molecule has 0 unspecified atom stereocenters. The SMILES string of the molecule is COc1cc(NS(=O)(=O)c2ccc(NC(=S)NC3CCN(Cc4ccccc4)CC3)cc2)nc(OC)n1. The summed E-state index contributed by atoms with van der Waals surface area (Å²) >= 11 is 5.49. The fourth-order valence-electron chi connectivity index (χ4n) is 4.00. The summed E-state index contributed by atoms with van der Waals surface area (Å²) in [4.78, 5) is 10.5. The van der Waals surface area contributed by atoms with Gasteiger partial charge >= 0.3 is 6.01 Å². The van der Waals surface area contributed by atoms with Crippen molar-refractivity contribution < 1.29 is 17.9 Å². The Kier molecular flexibility index (Phi) is 8.74. The van der Waals surface area contributed by atoms with Crippen LogP contribution in [0.15, 0.2) is 65.6 Å². The second kappa shape index (κ2) is 12.2. The minimum Gasteiger partial charge on any atom is -0.481 e. The number of likely N-dealkylation sites (tertiary alicyclic amines) is 1. The van der Waals surface area contributed by atoms with Gasteiger partial charge in [0.1, 0.15) is 0 Å². The largest absolute Gasteiger partial charge is 0.481 e. The number of piperidine rings is 1. The molecule has 3 aromatic rings. The lowest BCUT2D eigenvalue weighted by atomic mass is 10.0. The number of hydrogen-bond acceptors (Lipinski definition) is 8. The number of sulfonamides is 1. The molecule has 0 aliphatic carbocycles. The molecule has 1 aliphatic rings. The molecule has 1 fully saturated rings. The number of aromatic nitrogens is 2. The first-order valence-corrected chi connectivity index (χ1v) is 13.7. The van der Waals surface area contributed by atoms with Crippen molar-refractivity contribution in [2.24, 2.45) is 0 Å². The van der Waals surface area contributed by atoms with Gasteiger partial charge in [0, 0.05) is 37.4 Å². The van der Waals surface area contributed by atoms with Gasteiger partial charge in [0.2, 0.25) is 5.88 Å². The van der Waals surface area contributed by atoms with Gasteiger partial charge in [-0.05, 0) is 54.9 Å². The Bertz CT molecular complexity index is 1280. The first kappa shape index (κ1) is 26.6. The van der Waals surface area contributed by atoms with Crippen molar-refractivity contribution in [3.8, 4) is 11.9 Å². The van der Waals surface area contributed by atoms with Crippen LogP contribution < -0.4 is 24.8 Å². The Hall–Kier alpha value is -3.48. The molecule has 37 heavy (non-hydrogen) atoms. The molecule has 0 spiro atoms. The molecule has 1 saturated heterocycles. The topological polar surface area (TPSA) is 118 Å². The van der Waals surface area contributed by atoms with Gasteiger partial charge in [0.05, 0.1) is 19.1 Å². The maximum Gasteiger partial charge on any atom is 0.321 e. The van der Waals surface area contributed by atoms with E-state index in [1.54, 1.807) is 12.1 Å². The van der Waals surface area contributed by atoms with Gasteiger partial charge in [-0.2, -0.15) is 9.97 Å². The van der Waals surface area contributed by atoms with Crippen molar-refractivity contribution in [3.63, 3.8) is 0 Å². The van der Waals surface area contributed by atoms with Crippen LogP contribution in [0.4, 0.5) is 11.5 Å². The van der Waals surface area contributed by atoms with Crippen LogP contribution in [-0.4, -0.2) is 61.7 Å². The number of methoxy groups -OCH3 is 2. The molecule has 0 atom stereocenters. The number of nitrogens with one attached hydrogen (secondary N) is 3. The second-order valence-electron chi connectivity index (χ2n) is 8.55. The highest BCUT2D eigenvalue weighted by Gasteiger charge is 2.20. The summed E-state index contributed by atoms with van der Waals surface area (Å²) in [5, 5.41) is 7.02. The molecule has 4 rings (SSSR count). The van der Waals surface area contributed by atoms with E-state index in [-0.39, 0.29) is 28.6 Å². The Labute approximate surface area is 222 Å². The minimum absolute atomic E-state index is 0.0144. The Morgan fingerprint density at radius 3 is 2.38 bits per heavy atom. The standard InChI is InChI=1S/C25H30N6O4S2/c1-34-23-16-22(28-24(29-23)35-2)30-37(32,33)21-10-8-19(9-11-21)26-25(36)27-20-12-14-31(15-13-20)17-18-6-4-3-5-7-18/h3-11,16,20H,12-15,17H2,1-2H3,(H2,26,27,36)(H,28,29,30). The van der Waals surface area contributed by atoms with Crippen molar-refractivity contribution >= 4 is 38.9 Å². The van der Waals surface area contributed by atoms with Crippen LogP contribution in [-0.2, 0) is 16.6 Å². The summed E-state index contributed by atoms with van der Waals surface area (Å²) < 4.78 is 38.1. The predicted molar refractivity (Wildman–Crippen MR) is 146 cm³/mol. The monoisotopic (exact) mass is 542 g/mol. The zero-order valence-corrected chi connectivity index (χ0v) is 22.3. The number of ether oxygens (including phenoxy) is 2. The van der Waals surface area contributed by atoms with E-state index in [4.69, 9.17) is 21.7 Å². The third-order valence-electron chi connectivity index (χ3n) is 5.91. The van der Waals surface area contributed by atoms with Gasteiger partial charge in [0.15, 0.2) is 10.9 Å². The number of anilines is 2. The number of nitrogens with zero attached hydrogens (tertiary/aromatic N) is 3.